The molecular formula is C23H30N2O4. The molecule has 6 nitrogen and oxygen atoms in total. The largest absolute Gasteiger partial charge is 0.494 e. The summed E-state index contributed by atoms with van der Waals surface area (Å²) < 4.78 is 11.4. The summed E-state index contributed by atoms with van der Waals surface area (Å²) in [6.45, 7) is 8.74. The predicted molar refractivity (Wildman–Crippen MR) is 113 cm³/mol. The van der Waals surface area contributed by atoms with E-state index in [0.717, 1.165) is 12.0 Å². The molecule has 0 aliphatic heterocycles. The van der Waals surface area contributed by atoms with E-state index in [1.165, 1.54) is 0 Å². The summed E-state index contributed by atoms with van der Waals surface area (Å²) in [4.78, 5) is 24.6. The third kappa shape index (κ3) is 7.49. The highest BCUT2D eigenvalue weighted by Gasteiger charge is 2.19. The van der Waals surface area contributed by atoms with Gasteiger partial charge in [-0.25, -0.2) is 0 Å². The second-order valence-electron chi connectivity index (χ2n) is 7.33. The number of hydrogen-bond acceptors (Lipinski definition) is 4. The fourth-order valence-corrected chi connectivity index (χ4v) is 2.49. The van der Waals surface area contributed by atoms with Crippen molar-refractivity contribution in [2.75, 3.05) is 6.61 Å². The van der Waals surface area contributed by atoms with E-state index >= 15 is 0 Å². The van der Waals surface area contributed by atoms with Gasteiger partial charge in [-0.15, -0.1) is 0 Å². The van der Waals surface area contributed by atoms with Crippen molar-refractivity contribution < 1.29 is 19.1 Å². The van der Waals surface area contributed by atoms with Crippen molar-refractivity contribution in [2.45, 2.75) is 46.6 Å². The molecule has 0 aromatic heterocycles. The number of amides is 2. The van der Waals surface area contributed by atoms with Crippen LogP contribution in [0.15, 0.2) is 48.5 Å². The number of hydrogen-bond donors (Lipinski definition) is 2. The van der Waals surface area contributed by atoms with E-state index in [2.05, 4.69) is 24.7 Å². The van der Waals surface area contributed by atoms with Gasteiger partial charge in [0.2, 0.25) is 0 Å². The van der Waals surface area contributed by atoms with E-state index in [4.69, 9.17) is 9.47 Å². The zero-order chi connectivity index (χ0) is 21.2. The van der Waals surface area contributed by atoms with Crippen LogP contribution in [0.4, 0.5) is 0 Å². The zero-order valence-electron chi connectivity index (χ0n) is 17.5. The molecule has 0 fully saturated rings. The van der Waals surface area contributed by atoms with Crippen LogP contribution in [0.5, 0.6) is 11.5 Å². The smallest absolute Gasteiger partial charge is 0.279 e. The van der Waals surface area contributed by atoms with E-state index in [-0.39, 0.29) is 0 Å². The molecule has 6 heteroatoms. The molecule has 156 valence electrons. The highest BCUT2D eigenvalue weighted by Crippen LogP contribution is 2.15. The topological polar surface area (TPSA) is 76.7 Å². The fraction of sp³-hybridized carbons (Fsp3) is 0.391. The average Bonchev–Trinajstić information content (AvgIpc) is 2.71. The number of rotatable bonds is 9. The Morgan fingerprint density at radius 2 is 1.55 bits per heavy atom. The number of carbonyl (C=O) groups is 2. The molecular weight excluding hydrogens is 368 g/mol. The minimum atomic E-state index is -0.699. The summed E-state index contributed by atoms with van der Waals surface area (Å²) in [5.41, 5.74) is 6.39. The lowest BCUT2D eigenvalue weighted by Crippen LogP contribution is -2.47. The fourth-order valence-electron chi connectivity index (χ4n) is 2.49. The molecule has 2 N–H and O–H groups in total. The molecule has 0 saturated carbocycles. The van der Waals surface area contributed by atoms with Crippen molar-refractivity contribution in [3.8, 4) is 11.5 Å². The number of benzene rings is 2. The van der Waals surface area contributed by atoms with Crippen LogP contribution in [0.3, 0.4) is 0 Å². The molecule has 2 aromatic carbocycles. The molecule has 2 rings (SSSR count). The second-order valence-corrected chi connectivity index (χ2v) is 7.33. The monoisotopic (exact) mass is 398 g/mol. The van der Waals surface area contributed by atoms with Crippen LogP contribution in [0, 0.1) is 12.8 Å². The molecule has 0 saturated heterocycles. The quantitative estimate of drug-likeness (QED) is 0.625. The minimum absolute atomic E-state index is 0.405. The van der Waals surface area contributed by atoms with E-state index < -0.39 is 17.9 Å². The van der Waals surface area contributed by atoms with Gasteiger partial charge >= 0.3 is 0 Å². The normalized spacial score (nSPS) is 11.6. The van der Waals surface area contributed by atoms with E-state index in [0.29, 0.717) is 36.0 Å². The van der Waals surface area contributed by atoms with Crippen LogP contribution in [-0.4, -0.2) is 24.5 Å². The van der Waals surface area contributed by atoms with Crippen molar-refractivity contribution >= 4 is 11.8 Å². The first kappa shape index (κ1) is 22.3. The van der Waals surface area contributed by atoms with Crippen LogP contribution in [0.2, 0.25) is 0 Å². The van der Waals surface area contributed by atoms with Crippen LogP contribution in [-0.2, 0) is 4.79 Å². The van der Waals surface area contributed by atoms with Crippen LogP contribution < -0.4 is 20.3 Å². The Hall–Kier alpha value is -3.02. The second kappa shape index (κ2) is 11.1. The molecule has 2 amide bonds. The first-order chi connectivity index (χ1) is 13.9. The molecule has 0 aliphatic rings. The van der Waals surface area contributed by atoms with Crippen LogP contribution in [0.25, 0.3) is 0 Å². The first-order valence-corrected chi connectivity index (χ1v) is 9.95. The van der Waals surface area contributed by atoms with E-state index in [1.54, 1.807) is 24.3 Å². The Labute approximate surface area is 172 Å². The van der Waals surface area contributed by atoms with Gasteiger partial charge in [0.25, 0.3) is 11.8 Å². The van der Waals surface area contributed by atoms with Crippen molar-refractivity contribution in [3.63, 3.8) is 0 Å². The molecule has 1 atom stereocenters. The Balaban J connectivity index is 1.83. The lowest BCUT2D eigenvalue weighted by Gasteiger charge is -2.17. The number of hydrazine groups is 1. The molecule has 2 aromatic rings. The van der Waals surface area contributed by atoms with Crippen LogP contribution >= 0.6 is 0 Å². The Morgan fingerprint density at radius 3 is 2.14 bits per heavy atom. The lowest BCUT2D eigenvalue weighted by atomic mass is 10.1. The number of carbonyl (C=O) groups excluding carboxylic acids is 2. The summed E-state index contributed by atoms with van der Waals surface area (Å²) in [5.74, 6) is 1.08. The molecule has 29 heavy (non-hydrogen) atoms. The summed E-state index contributed by atoms with van der Waals surface area (Å²) in [7, 11) is 0. The summed E-state index contributed by atoms with van der Waals surface area (Å²) >= 11 is 0. The number of aryl methyl sites for hydroxylation is 1. The first-order valence-electron chi connectivity index (χ1n) is 9.95. The Morgan fingerprint density at radius 1 is 0.931 bits per heavy atom. The average molecular weight is 399 g/mol. The Kier molecular flexibility index (Phi) is 8.52. The van der Waals surface area contributed by atoms with Crippen molar-refractivity contribution in [1.82, 2.24) is 10.9 Å². The molecule has 0 spiro atoms. The molecule has 1 unspecified atom stereocenters. The van der Waals surface area contributed by atoms with Gasteiger partial charge in [-0.1, -0.05) is 38.5 Å². The van der Waals surface area contributed by atoms with Gasteiger partial charge in [0, 0.05) is 5.56 Å². The van der Waals surface area contributed by atoms with Gasteiger partial charge in [-0.2, -0.15) is 0 Å². The van der Waals surface area contributed by atoms with Crippen molar-refractivity contribution in [3.05, 3.63) is 59.7 Å². The molecule has 0 radical (unpaired) electrons. The van der Waals surface area contributed by atoms with Gasteiger partial charge in [0.05, 0.1) is 6.61 Å². The summed E-state index contributed by atoms with van der Waals surface area (Å²) in [6, 6.07) is 14.3. The maximum Gasteiger partial charge on any atom is 0.279 e. The molecule has 0 heterocycles. The lowest BCUT2D eigenvalue weighted by molar-refractivity contribution is -0.128. The summed E-state index contributed by atoms with van der Waals surface area (Å²) in [5, 5.41) is 0. The van der Waals surface area contributed by atoms with Gasteiger partial charge < -0.3 is 9.47 Å². The van der Waals surface area contributed by atoms with Crippen molar-refractivity contribution in [1.29, 1.82) is 0 Å². The SMILES string of the molecule is CCC(Oc1ccc(C)cc1)C(=O)NNC(=O)c1ccc(OCCC(C)C)cc1. The summed E-state index contributed by atoms with van der Waals surface area (Å²) in [6.07, 6.45) is 0.741. The molecule has 0 bridgehead atoms. The standard InChI is InChI=1S/C23H30N2O4/c1-5-21(29-20-10-6-17(4)7-11-20)23(27)25-24-22(26)18-8-12-19(13-9-18)28-15-14-16(2)3/h6-13,16,21H,5,14-15H2,1-4H3,(H,24,26)(H,25,27). The van der Waals surface area contributed by atoms with Crippen molar-refractivity contribution in [2.24, 2.45) is 5.92 Å². The minimum Gasteiger partial charge on any atom is -0.494 e. The highest BCUT2D eigenvalue weighted by molar-refractivity contribution is 5.95. The predicted octanol–water partition coefficient (Wildman–Crippen LogP) is 4.04. The number of nitrogens with one attached hydrogen (secondary N) is 2. The van der Waals surface area contributed by atoms with E-state index in [1.807, 2.05) is 38.1 Å². The van der Waals surface area contributed by atoms with Gasteiger partial charge in [0.1, 0.15) is 11.5 Å². The van der Waals surface area contributed by atoms with Gasteiger partial charge in [-0.3, -0.25) is 20.4 Å². The highest BCUT2D eigenvalue weighted by atomic mass is 16.5. The Bertz CT molecular complexity index is 786. The maximum absolute atomic E-state index is 12.3. The third-order valence-corrected chi connectivity index (χ3v) is 4.34. The van der Waals surface area contributed by atoms with E-state index in [9.17, 15) is 9.59 Å². The third-order valence-electron chi connectivity index (χ3n) is 4.34. The van der Waals surface area contributed by atoms with Crippen LogP contribution in [0.1, 0.15) is 49.5 Å². The maximum atomic E-state index is 12.3. The molecule has 0 aliphatic carbocycles. The zero-order valence-corrected chi connectivity index (χ0v) is 17.5. The van der Waals surface area contributed by atoms with Gasteiger partial charge in [-0.05, 0) is 62.1 Å². The number of ether oxygens (including phenoxy) is 2. The van der Waals surface area contributed by atoms with Gasteiger partial charge in [0.15, 0.2) is 6.10 Å².